The van der Waals surface area contributed by atoms with Gasteiger partial charge in [-0.05, 0) is 50.5 Å². The van der Waals surface area contributed by atoms with E-state index in [0.717, 1.165) is 36.1 Å². The van der Waals surface area contributed by atoms with Gasteiger partial charge >= 0.3 is 0 Å². The first-order valence-corrected chi connectivity index (χ1v) is 9.78. The summed E-state index contributed by atoms with van der Waals surface area (Å²) >= 11 is 0. The molecule has 2 atom stereocenters. The Morgan fingerprint density at radius 2 is 1.96 bits per heavy atom. The first kappa shape index (κ1) is 19.3. The van der Waals surface area contributed by atoms with Crippen LogP contribution in [0.5, 0.6) is 11.5 Å². The van der Waals surface area contributed by atoms with Gasteiger partial charge in [-0.3, -0.25) is 4.79 Å². The molecule has 0 saturated carbocycles. The van der Waals surface area contributed by atoms with E-state index in [1.54, 1.807) is 6.92 Å². The van der Waals surface area contributed by atoms with Crippen LogP contribution in [0.3, 0.4) is 0 Å². The van der Waals surface area contributed by atoms with Crippen LogP contribution in [0.15, 0.2) is 48.5 Å². The number of aryl methyl sites for hydroxylation is 1. The zero-order valence-electron chi connectivity index (χ0n) is 16.6. The average Bonchev–Trinajstić information content (AvgIpc) is 2.67. The lowest BCUT2D eigenvalue weighted by Gasteiger charge is -2.41. The predicted molar refractivity (Wildman–Crippen MR) is 107 cm³/mol. The fourth-order valence-corrected chi connectivity index (χ4v) is 3.67. The van der Waals surface area contributed by atoms with Crippen LogP contribution < -0.4 is 14.8 Å². The zero-order chi connectivity index (χ0) is 19.4. The van der Waals surface area contributed by atoms with Crippen LogP contribution in [0.2, 0.25) is 0 Å². The molecule has 0 radical (unpaired) electrons. The van der Waals surface area contributed by atoms with Crippen LogP contribution in [0, 0.1) is 6.92 Å². The number of para-hydroxylation sites is 1. The van der Waals surface area contributed by atoms with Gasteiger partial charge in [-0.15, -0.1) is 0 Å². The quantitative estimate of drug-likeness (QED) is 0.785. The minimum Gasteiger partial charge on any atom is -0.487 e. The Morgan fingerprint density at radius 1 is 1.22 bits per heavy atom. The number of hydrogen-bond acceptors (Lipinski definition) is 3. The maximum atomic E-state index is 12.8. The van der Waals surface area contributed by atoms with E-state index >= 15 is 0 Å². The van der Waals surface area contributed by atoms with Crippen LogP contribution in [0.4, 0.5) is 0 Å². The minimum absolute atomic E-state index is 0.0779. The van der Waals surface area contributed by atoms with Gasteiger partial charge < -0.3 is 14.8 Å². The van der Waals surface area contributed by atoms with E-state index in [1.165, 1.54) is 0 Å². The van der Waals surface area contributed by atoms with E-state index in [-0.39, 0.29) is 17.6 Å². The zero-order valence-corrected chi connectivity index (χ0v) is 16.6. The molecule has 144 valence electrons. The van der Waals surface area contributed by atoms with Crippen molar-refractivity contribution in [1.29, 1.82) is 0 Å². The van der Waals surface area contributed by atoms with E-state index in [1.807, 2.05) is 55.5 Å². The summed E-state index contributed by atoms with van der Waals surface area (Å²) in [7, 11) is 0. The van der Waals surface area contributed by atoms with Gasteiger partial charge in [0.2, 0.25) is 0 Å². The standard InChI is InChI=1S/C23H29NO3/c1-5-23(6-2)15-20(19-12-7-8-13-21(19)27-23)24-22(25)17(4)26-18-11-9-10-16(3)14-18/h7-14,17,20H,5-6,15H2,1-4H3,(H,24,25)/t17-,20-/m1/s1. The number of ether oxygens (including phenoxy) is 2. The van der Waals surface area contributed by atoms with Gasteiger partial charge in [-0.25, -0.2) is 0 Å². The summed E-state index contributed by atoms with van der Waals surface area (Å²) < 4.78 is 12.2. The third-order valence-corrected chi connectivity index (χ3v) is 5.47. The topological polar surface area (TPSA) is 47.6 Å². The molecule has 4 heteroatoms. The molecule has 0 saturated heterocycles. The molecule has 4 nitrogen and oxygen atoms in total. The number of nitrogens with one attached hydrogen (secondary N) is 1. The number of hydrogen-bond donors (Lipinski definition) is 1. The lowest BCUT2D eigenvalue weighted by atomic mass is 9.83. The van der Waals surface area contributed by atoms with E-state index < -0.39 is 6.10 Å². The molecule has 1 N–H and O–H groups in total. The van der Waals surface area contributed by atoms with Crippen LogP contribution >= 0.6 is 0 Å². The SMILES string of the molecule is CCC1(CC)C[C@@H](NC(=O)[C@@H](C)Oc2cccc(C)c2)c2ccccc2O1. The van der Waals surface area contributed by atoms with E-state index in [9.17, 15) is 4.79 Å². The average molecular weight is 367 g/mol. The third kappa shape index (κ3) is 4.26. The summed E-state index contributed by atoms with van der Waals surface area (Å²) in [4.78, 5) is 12.8. The van der Waals surface area contributed by atoms with Crippen molar-refractivity contribution < 1.29 is 14.3 Å². The van der Waals surface area contributed by atoms with Gasteiger partial charge in [0.15, 0.2) is 6.10 Å². The maximum absolute atomic E-state index is 12.8. The highest BCUT2D eigenvalue weighted by atomic mass is 16.5. The number of carbonyl (C=O) groups is 1. The summed E-state index contributed by atoms with van der Waals surface area (Å²) in [6.45, 7) is 8.07. The summed E-state index contributed by atoms with van der Waals surface area (Å²) in [6.07, 6.45) is 2.00. The third-order valence-electron chi connectivity index (χ3n) is 5.47. The van der Waals surface area contributed by atoms with Crippen molar-refractivity contribution in [3.05, 3.63) is 59.7 Å². The van der Waals surface area contributed by atoms with Gasteiger partial charge in [0.1, 0.15) is 17.1 Å². The molecule has 3 rings (SSSR count). The fraction of sp³-hybridized carbons (Fsp3) is 0.435. The smallest absolute Gasteiger partial charge is 0.261 e. The van der Waals surface area contributed by atoms with Crippen LogP contribution in [-0.2, 0) is 4.79 Å². The van der Waals surface area contributed by atoms with Crippen LogP contribution in [-0.4, -0.2) is 17.6 Å². The number of carbonyl (C=O) groups excluding carboxylic acids is 1. The highest BCUT2D eigenvalue weighted by Crippen LogP contribution is 2.42. The molecule has 0 spiro atoms. The molecule has 27 heavy (non-hydrogen) atoms. The van der Waals surface area contributed by atoms with E-state index in [2.05, 4.69) is 19.2 Å². The van der Waals surface area contributed by atoms with Crippen LogP contribution in [0.25, 0.3) is 0 Å². The van der Waals surface area contributed by atoms with Gasteiger partial charge in [0, 0.05) is 12.0 Å². The van der Waals surface area contributed by atoms with Crippen molar-refractivity contribution in [2.45, 2.75) is 64.7 Å². The van der Waals surface area contributed by atoms with Crippen molar-refractivity contribution in [1.82, 2.24) is 5.32 Å². The first-order chi connectivity index (χ1) is 13.0. The normalized spacial score (nSPS) is 18.7. The van der Waals surface area contributed by atoms with Crippen molar-refractivity contribution in [2.75, 3.05) is 0 Å². The van der Waals surface area contributed by atoms with Crippen LogP contribution in [0.1, 0.15) is 57.2 Å². The Hall–Kier alpha value is -2.49. The maximum Gasteiger partial charge on any atom is 0.261 e. The summed E-state index contributed by atoms with van der Waals surface area (Å²) in [6, 6.07) is 15.6. The van der Waals surface area contributed by atoms with E-state index in [4.69, 9.17) is 9.47 Å². The van der Waals surface area contributed by atoms with Gasteiger partial charge in [-0.1, -0.05) is 44.2 Å². The second kappa shape index (κ2) is 8.03. The second-order valence-electron chi connectivity index (χ2n) is 7.37. The molecule has 0 unspecified atom stereocenters. The monoisotopic (exact) mass is 367 g/mol. The number of benzene rings is 2. The number of rotatable bonds is 6. The summed E-state index contributed by atoms with van der Waals surface area (Å²) in [5, 5.41) is 3.19. The summed E-state index contributed by atoms with van der Waals surface area (Å²) in [5.74, 6) is 1.46. The lowest BCUT2D eigenvalue weighted by Crippen LogP contribution is -2.46. The molecule has 1 aliphatic heterocycles. The molecule has 1 aliphatic rings. The molecule has 1 amide bonds. The molecule has 2 aromatic rings. The molecular formula is C23H29NO3. The lowest BCUT2D eigenvalue weighted by molar-refractivity contribution is -0.128. The highest BCUT2D eigenvalue weighted by Gasteiger charge is 2.39. The summed E-state index contributed by atoms with van der Waals surface area (Å²) in [5.41, 5.74) is 1.90. The second-order valence-corrected chi connectivity index (χ2v) is 7.37. The Bertz CT molecular complexity index is 798. The molecule has 0 aromatic heterocycles. The molecule has 0 fully saturated rings. The van der Waals surface area contributed by atoms with Gasteiger partial charge in [0.05, 0.1) is 6.04 Å². The Morgan fingerprint density at radius 3 is 2.67 bits per heavy atom. The van der Waals surface area contributed by atoms with Gasteiger partial charge in [0.25, 0.3) is 5.91 Å². The Balaban J connectivity index is 1.75. The van der Waals surface area contributed by atoms with Crippen molar-refractivity contribution in [3.63, 3.8) is 0 Å². The van der Waals surface area contributed by atoms with Crippen molar-refractivity contribution in [2.24, 2.45) is 0 Å². The molecule has 0 bridgehead atoms. The molecule has 0 aliphatic carbocycles. The molecule has 1 heterocycles. The number of fused-ring (bicyclic) bond motifs is 1. The van der Waals surface area contributed by atoms with Gasteiger partial charge in [-0.2, -0.15) is 0 Å². The first-order valence-electron chi connectivity index (χ1n) is 9.78. The van der Waals surface area contributed by atoms with E-state index in [0.29, 0.717) is 5.75 Å². The minimum atomic E-state index is -0.570. The highest BCUT2D eigenvalue weighted by molar-refractivity contribution is 5.81. The molecule has 2 aromatic carbocycles. The van der Waals surface area contributed by atoms with Crippen molar-refractivity contribution >= 4 is 5.91 Å². The predicted octanol–water partition coefficient (Wildman–Crippen LogP) is 4.96. The Labute approximate surface area is 161 Å². The van der Waals surface area contributed by atoms with Crippen molar-refractivity contribution in [3.8, 4) is 11.5 Å². The largest absolute Gasteiger partial charge is 0.487 e. The number of amides is 1. The fourth-order valence-electron chi connectivity index (χ4n) is 3.67. The molecular weight excluding hydrogens is 338 g/mol. The Kier molecular flexibility index (Phi) is 5.73.